The van der Waals surface area contributed by atoms with Crippen molar-refractivity contribution in [3.63, 3.8) is 0 Å². The number of nitrogens with one attached hydrogen (secondary N) is 1. The van der Waals surface area contributed by atoms with E-state index in [-0.39, 0.29) is 22.5 Å². The first-order valence-electron chi connectivity index (χ1n) is 6.19. The molecule has 17 heavy (non-hydrogen) atoms. The van der Waals surface area contributed by atoms with Gasteiger partial charge in [0.05, 0.1) is 5.41 Å². The summed E-state index contributed by atoms with van der Waals surface area (Å²) >= 11 is 0. The van der Waals surface area contributed by atoms with Crippen LogP contribution in [0.1, 0.15) is 40.0 Å². The maximum Gasteiger partial charge on any atom is 0.241 e. The number of hydrogen-bond donors (Lipinski definition) is 1. The van der Waals surface area contributed by atoms with Gasteiger partial charge >= 0.3 is 0 Å². The quantitative estimate of drug-likeness (QED) is 0.739. The predicted octanol–water partition coefficient (Wildman–Crippen LogP) is 1.36. The highest BCUT2D eigenvalue weighted by atomic mass is 16.2. The summed E-state index contributed by atoms with van der Waals surface area (Å²) < 4.78 is 0. The highest BCUT2D eigenvalue weighted by molar-refractivity contribution is 5.99. The minimum Gasteiger partial charge on any atom is -0.299 e. The van der Waals surface area contributed by atoms with Gasteiger partial charge in [-0.05, 0) is 18.3 Å². The Hall–Kier alpha value is -0.900. The van der Waals surface area contributed by atoms with Crippen LogP contribution in [0.25, 0.3) is 0 Å². The van der Waals surface area contributed by atoms with Gasteiger partial charge in [0.1, 0.15) is 5.78 Å². The lowest BCUT2D eigenvalue weighted by molar-refractivity contribution is -0.140. The molecule has 2 aliphatic carbocycles. The van der Waals surface area contributed by atoms with Crippen molar-refractivity contribution < 1.29 is 9.59 Å². The second kappa shape index (κ2) is 3.31. The molecule has 0 aromatic rings. The number of carbonyl (C=O) groups excluding carboxylic acids is 2. The predicted molar refractivity (Wildman–Crippen MR) is 65.0 cm³/mol. The van der Waals surface area contributed by atoms with Crippen LogP contribution in [0.15, 0.2) is 0 Å². The minimum absolute atomic E-state index is 0.00192. The molecule has 2 saturated carbocycles. The van der Waals surface area contributed by atoms with E-state index >= 15 is 0 Å². The fourth-order valence-corrected chi connectivity index (χ4v) is 3.67. The van der Waals surface area contributed by atoms with Crippen LogP contribution in [0.3, 0.4) is 0 Å². The molecule has 0 aromatic carbocycles. The number of rotatable bonds is 2. The lowest BCUT2D eigenvalue weighted by atomic mass is 9.64. The second-order valence-electron chi connectivity index (χ2n) is 6.47. The molecule has 2 unspecified atom stereocenters. The van der Waals surface area contributed by atoms with Gasteiger partial charge in [0.2, 0.25) is 5.91 Å². The van der Waals surface area contributed by atoms with Gasteiger partial charge in [-0.3, -0.25) is 15.0 Å². The van der Waals surface area contributed by atoms with Crippen LogP contribution in [0, 0.1) is 16.2 Å². The van der Waals surface area contributed by atoms with E-state index in [0.29, 0.717) is 6.42 Å². The topological polar surface area (TPSA) is 49.4 Å². The molecule has 0 aromatic heterocycles. The molecule has 4 nitrogen and oxygen atoms in total. The summed E-state index contributed by atoms with van der Waals surface area (Å²) in [6.45, 7) is 6.16. The lowest BCUT2D eigenvalue weighted by Crippen LogP contribution is -2.50. The molecule has 4 heteroatoms. The average molecular weight is 238 g/mol. The molecule has 1 amide bonds. The van der Waals surface area contributed by atoms with Crippen molar-refractivity contribution in [1.29, 1.82) is 0 Å². The van der Waals surface area contributed by atoms with E-state index in [4.69, 9.17) is 0 Å². The number of fused-ring (bicyclic) bond motifs is 2. The molecule has 2 fully saturated rings. The van der Waals surface area contributed by atoms with Gasteiger partial charge in [-0.25, -0.2) is 5.01 Å². The first-order chi connectivity index (χ1) is 7.67. The summed E-state index contributed by atoms with van der Waals surface area (Å²) in [4.78, 5) is 24.6. The van der Waals surface area contributed by atoms with Gasteiger partial charge in [-0.15, -0.1) is 0 Å². The van der Waals surface area contributed by atoms with Crippen molar-refractivity contribution in [1.82, 2.24) is 10.4 Å². The van der Waals surface area contributed by atoms with Gasteiger partial charge in [0.25, 0.3) is 0 Å². The van der Waals surface area contributed by atoms with Crippen molar-refractivity contribution in [3.05, 3.63) is 0 Å². The fraction of sp³-hybridized carbons (Fsp3) is 0.846. The molecule has 2 bridgehead atoms. The minimum atomic E-state index is -0.511. The van der Waals surface area contributed by atoms with Crippen LogP contribution in [-0.4, -0.2) is 30.8 Å². The first-order valence-corrected chi connectivity index (χ1v) is 6.19. The summed E-state index contributed by atoms with van der Waals surface area (Å²) in [6, 6.07) is 0. The third-order valence-electron chi connectivity index (χ3n) is 5.47. The van der Waals surface area contributed by atoms with Gasteiger partial charge in [-0.2, -0.15) is 0 Å². The zero-order valence-corrected chi connectivity index (χ0v) is 11.4. The van der Waals surface area contributed by atoms with Crippen molar-refractivity contribution in [2.45, 2.75) is 40.0 Å². The molecule has 2 rings (SSSR count). The highest BCUT2D eigenvalue weighted by Crippen LogP contribution is 2.70. The Kier molecular flexibility index (Phi) is 2.45. The van der Waals surface area contributed by atoms with E-state index in [1.807, 2.05) is 6.92 Å². The molecule has 1 N–H and O–H groups in total. The molecule has 2 aliphatic rings. The Morgan fingerprint density at radius 1 is 1.24 bits per heavy atom. The normalized spacial score (nSPS) is 38.8. The summed E-state index contributed by atoms with van der Waals surface area (Å²) in [5.74, 6) is 0.254. The Bertz CT molecular complexity index is 389. The van der Waals surface area contributed by atoms with E-state index in [2.05, 4.69) is 19.3 Å². The zero-order chi connectivity index (χ0) is 13.1. The van der Waals surface area contributed by atoms with Gasteiger partial charge in [0, 0.05) is 25.9 Å². The number of nitrogens with zero attached hydrogens (tertiary/aromatic N) is 1. The third kappa shape index (κ3) is 1.27. The smallest absolute Gasteiger partial charge is 0.241 e. The zero-order valence-electron chi connectivity index (χ0n) is 11.4. The molecular formula is C13H22N2O2. The molecule has 0 heterocycles. The number of Topliss-reactive ketones (excluding diaryl/α,β-unsaturated/α-hetero) is 1. The van der Waals surface area contributed by atoms with E-state index in [1.54, 1.807) is 19.1 Å². The van der Waals surface area contributed by atoms with Crippen LogP contribution < -0.4 is 5.43 Å². The number of hydrazine groups is 1. The lowest BCUT2D eigenvalue weighted by Gasteiger charge is -2.39. The maximum atomic E-state index is 12.4. The maximum absolute atomic E-state index is 12.4. The van der Waals surface area contributed by atoms with Crippen LogP contribution >= 0.6 is 0 Å². The largest absolute Gasteiger partial charge is 0.299 e. The van der Waals surface area contributed by atoms with Crippen LogP contribution in [0.2, 0.25) is 0 Å². The number of ketones is 1. The van der Waals surface area contributed by atoms with Crippen molar-refractivity contribution >= 4 is 11.7 Å². The summed E-state index contributed by atoms with van der Waals surface area (Å²) in [5, 5.41) is 1.66. The summed E-state index contributed by atoms with van der Waals surface area (Å²) in [5.41, 5.74) is 1.75. The standard InChI is InChI=1S/C13H22N2O2/c1-11(2)12(3)6-7-13(11,8-9(12)16)10(17)14-15(4)5/h6-8H2,1-5H3,(H,14,17). The Labute approximate surface area is 103 Å². The molecule has 96 valence electrons. The van der Waals surface area contributed by atoms with Crippen LogP contribution in [0.5, 0.6) is 0 Å². The van der Waals surface area contributed by atoms with Gasteiger partial charge < -0.3 is 0 Å². The third-order valence-corrected chi connectivity index (χ3v) is 5.47. The number of carbonyl (C=O) groups is 2. The summed E-state index contributed by atoms with van der Waals surface area (Å²) in [7, 11) is 3.60. The van der Waals surface area contributed by atoms with Crippen molar-refractivity contribution in [2.24, 2.45) is 16.2 Å². The van der Waals surface area contributed by atoms with E-state index in [1.165, 1.54) is 0 Å². The SMILES string of the molecule is CN(C)NC(=O)C12CCC(C)(C(=O)C1)C2(C)C. The average Bonchev–Trinajstić information content (AvgIpc) is 2.47. The number of hydrogen-bond acceptors (Lipinski definition) is 3. The second-order valence-corrected chi connectivity index (χ2v) is 6.47. The molecular weight excluding hydrogens is 216 g/mol. The first kappa shape index (κ1) is 12.6. The molecule has 0 spiro atoms. The summed E-state index contributed by atoms with van der Waals surface area (Å²) in [6.07, 6.45) is 2.05. The Morgan fingerprint density at radius 3 is 2.18 bits per heavy atom. The molecule has 2 atom stereocenters. The molecule has 0 saturated heterocycles. The van der Waals surface area contributed by atoms with Crippen LogP contribution in [0.4, 0.5) is 0 Å². The van der Waals surface area contributed by atoms with E-state index < -0.39 is 5.41 Å². The Morgan fingerprint density at radius 2 is 1.82 bits per heavy atom. The monoisotopic (exact) mass is 238 g/mol. The van der Waals surface area contributed by atoms with Gasteiger partial charge in [-0.1, -0.05) is 20.8 Å². The Balaban J connectivity index is 2.40. The van der Waals surface area contributed by atoms with Gasteiger partial charge in [0.15, 0.2) is 0 Å². The van der Waals surface area contributed by atoms with Crippen molar-refractivity contribution in [2.75, 3.05) is 14.1 Å². The van der Waals surface area contributed by atoms with E-state index in [0.717, 1.165) is 12.8 Å². The molecule has 0 aliphatic heterocycles. The van der Waals surface area contributed by atoms with Crippen LogP contribution in [-0.2, 0) is 9.59 Å². The molecule has 0 radical (unpaired) electrons. The van der Waals surface area contributed by atoms with Crippen molar-refractivity contribution in [3.8, 4) is 0 Å². The highest BCUT2D eigenvalue weighted by Gasteiger charge is 2.72. The van der Waals surface area contributed by atoms with E-state index in [9.17, 15) is 9.59 Å². The number of amides is 1. The fourth-order valence-electron chi connectivity index (χ4n) is 3.67.